The fraction of sp³-hybridized carbons (Fsp3) is 0.231. The van der Waals surface area contributed by atoms with Crippen molar-refractivity contribution in [3.05, 3.63) is 99.4 Å². The number of hydrogen-bond donors (Lipinski definition) is 0. The highest BCUT2D eigenvalue weighted by atomic mass is 14.2. The van der Waals surface area contributed by atoms with E-state index in [4.69, 9.17) is 6.42 Å². The first-order valence-electron chi connectivity index (χ1n) is 8.96. The zero-order chi connectivity index (χ0) is 20.2. The molecule has 0 saturated carbocycles. The maximum Gasteiger partial charge on any atom is 0.0998 e. The molecular formula is C26H27N. The molecule has 0 aromatic rings. The van der Waals surface area contributed by atoms with Crippen LogP contribution < -0.4 is 0 Å². The molecule has 0 heterocycles. The smallest absolute Gasteiger partial charge is 0.0998 e. The quantitative estimate of drug-likeness (QED) is 0.230. The molecular weight excluding hydrogens is 326 g/mol. The molecule has 0 spiro atoms. The zero-order valence-electron chi connectivity index (χ0n) is 16.9. The Morgan fingerprint density at radius 3 is 2.48 bits per heavy atom. The Morgan fingerprint density at radius 2 is 1.85 bits per heavy atom. The summed E-state index contributed by atoms with van der Waals surface area (Å²) in [6.45, 7) is 10.2. The van der Waals surface area contributed by atoms with Crippen LogP contribution >= 0.6 is 0 Å². The summed E-state index contributed by atoms with van der Waals surface area (Å²) in [5.41, 5.74) is 10.1. The zero-order valence-corrected chi connectivity index (χ0v) is 16.9. The first-order chi connectivity index (χ1) is 12.9. The Bertz CT molecular complexity index is 925. The molecule has 0 unspecified atom stereocenters. The lowest BCUT2D eigenvalue weighted by atomic mass is 10.0. The van der Waals surface area contributed by atoms with Gasteiger partial charge in [0.05, 0.1) is 11.6 Å². The molecule has 0 aromatic heterocycles. The van der Waals surface area contributed by atoms with Gasteiger partial charge in [-0.25, -0.2) is 0 Å². The average Bonchev–Trinajstić information content (AvgIpc) is 2.78. The van der Waals surface area contributed by atoms with Gasteiger partial charge in [0.1, 0.15) is 0 Å². The van der Waals surface area contributed by atoms with E-state index in [2.05, 4.69) is 49.8 Å². The van der Waals surface area contributed by atoms with Crippen molar-refractivity contribution in [3.63, 3.8) is 0 Å². The third kappa shape index (κ3) is 8.11. The van der Waals surface area contributed by atoms with Crippen LogP contribution in [0.25, 0.3) is 0 Å². The van der Waals surface area contributed by atoms with E-state index in [1.54, 1.807) is 12.2 Å². The molecule has 1 nitrogen and oxygen atoms in total. The second-order valence-electron chi connectivity index (χ2n) is 6.68. The second kappa shape index (κ2) is 11.4. The largest absolute Gasteiger partial charge is 0.192 e. The SMILES string of the molecule is C#CC(=C\C=C=C/C(C#N)=C/C1=CCC=C(C)C=C1C)/C(C)=C/C=C(C)C. The van der Waals surface area contributed by atoms with Gasteiger partial charge in [-0.1, -0.05) is 47.4 Å². The van der Waals surface area contributed by atoms with Gasteiger partial charge in [-0.3, -0.25) is 0 Å². The van der Waals surface area contributed by atoms with Crippen LogP contribution in [0.15, 0.2) is 99.4 Å². The lowest BCUT2D eigenvalue weighted by molar-refractivity contribution is 1.33. The summed E-state index contributed by atoms with van der Waals surface area (Å²) in [7, 11) is 0. The minimum absolute atomic E-state index is 0.553. The summed E-state index contributed by atoms with van der Waals surface area (Å²) in [5, 5.41) is 9.40. The Balaban J connectivity index is 3.05. The van der Waals surface area contributed by atoms with Gasteiger partial charge in [0.15, 0.2) is 0 Å². The molecule has 27 heavy (non-hydrogen) atoms. The predicted molar refractivity (Wildman–Crippen MR) is 117 cm³/mol. The molecule has 0 atom stereocenters. The van der Waals surface area contributed by atoms with Crippen molar-refractivity contribution in [1.82, 2.24) is 0 Å². The molecule has 0 bridgehead atoms. The number of hydrogen-bond acceptors (Lipinski definition) is 1. The lowest BCUT2D eigenvalue weighted by Crippen LogP contribution is -1.83. The monoisotopic (exact) mass is 353 g/mol. The third-order valence-electron chi connectivity index (χ3n) is 3.95. The minimum Gasteiger partial charge on any atom is -0.192 e. The number of nitrogens with zero attached hydrogens (tertiary/aromatic N) is 1. The molecule has 1 heteroatoms. The van der Waals surface area contributed by atoms with Crippen molar-refractivity contribution in [1.29, 1.82) is 5.26 Å². The summed E-state index contributed by atoms with van der Waals surface area (Å²) in [4.78, 5) is 0. The van der Waals surface area contributed by atoms with E-state index in [-0.39, 0.29) is 0 Å². The number of terminal acetylenes is 1. The standard InChI is InChI=1S/C26H27N/c1-7-25(22(5)16-15-20(2)3)13-9-8-12-24(19-27)18-26-14-10-11-21(4)17-23(26)6/h1,9,11-18H,10H2,2-6H3/b22-16+,24-18-,25-13+. The fourth-order valence-electron chi connectivity index (χ4n) is 2.41. The Hall–Kier alpha value is -3.25. The number of rotatable bonds is 5. The van der Waals surface area contributed by atoms with E-state index < -0.39 is 0 Å². The maximum absolute atomic E-state index is 9.40. The van der Waals surface area contributed by atoms with Gasteiger partial charge < -0.3 is 0 Å². The van der Waals surface area contributed by atoms with Gasteiger partial charge in [-0.05, 0) is 82.1 Å². The van der Waals surface area contributed by atoms with E-state index >= 15 is 0 Å². The summed E-state index contributed by atoms with van der Waals surface area (Å²) in [6, 6.07) is 2.22. The van der Waals surface area contributed by atoms with Gasteiger partial charge >= 0.3 is 0 Å². The molecule has 0 N–H and O–H groups in total. The lowest BCUT2D eigenvalue weighted by Gasteiger charge is -2.01. The van der Waals surface area contributed by atoms with E-state index in [9.17, 15) is 5.26 Å². The van der Waals surface area contributed by atoms with Gasteiger partial charge in [0.2, 0.25) is 0 Å². The van der Waals surface area contributed by atoms with Gasteiger partial charge in [-0.15, -0.1) is 12.2 Å². The molecule has 0 aliphatic heterocycles. The van der Waals surface area contributed by atoms with E-state index in [1.165, 1.54) is 11.1 Å². The third-order valence-corrected chi connectivity index (χ3v) is 3.95. The normalized spacial score (nSPS) is 15.1. The van der Waals surface area contributed by atoms with Crippen LogP contribution in [0.3, 0.4) is 0 Å². The molecule has 0 amide bonds. The van der Waals surface area contributed by atoms with Crippen LogP contribution in [0, 0.1) is 23.7 Å². The highest BCUT2D eigenvalue weighted by Gasteiger charge is 2.02. The summed E-state index contributed by atoms with van der Waals surface area (Å²) in [6.07, 6.45) is 24.1. The summed E-state index contributed by atoms with van der Waals surface area (Å²) < 4.78 is 0. The highest BCUT2D eigenvalue weighted by molar-refractivity contribution is 5.50. The molecule has 1 rings (SSSR count). The summed E-state index contributed by atoms with van der Waals surface area (Å²) >= 11 is 0. The Labute approximate surface area is 164 Å². The highest BCUT2D eigenvalue weighted by Crippen LogP contribution is 2.20. The molecule has 0 aromatic carbocycles. The maximum atomic E-state index is 9.40. The topological polar surface area (TPSA) is 23.8 Å². The predicted octanol–water partition coefficient (Wildman–Crippen LogP) is 6.84. The van der Waals surface area contributed by atoms with Crippen LogP contribution in [0.2, 0.25) is 0 Å². The van der Waals surface area contributed by atoms with Crippen LogP contribution in [0.5, 0.6) is 0 Å². The van der Waals surface area contributed by atoms with Crippen LogP contribution in [-0.4, -0.2) is 0 Å². The second-order valence-corrected chi connectivity index (χ2v) is 6.68. The molecule has 0 radical (unpaired) electrons. The van der Waals surface area contributed by atoms with Crippen LogP contribution in [0.1, 0.15) is 41.0 Å². The fourth-order valence-corrected chi connectivity index (χ4v) is 2.41. The van der Waals surface area contributed by atoms with Crippen molar-refractivity contribution in [2.24, 2.45) is 0 Å². The Morgan fingerprint density at radius 1 is 1.11 bits per heavy atom. The minimum atomic E-state index is 0.553. The van der Waals surface area contributed by atoms with Crippen LogP contribution in [0.4, 0.5) is 0 Å². The number of nitriles is 1. The van der Waals surface area contributed by atoms with Crippen molar-refractivity contribution in [2.45, 2.75) is 41.0 Å². The van der Waals surface area contributed by atoms with Crippen molar-refractivity contribution in [3.8, 4) is 18.4 Å². The molecule has 136 valence electrons. The molecule has 1 aliphatic rings. The van der Waals surface area contributed by atoms with Crippen molar-refractivity contribution in [2.75, 3.05) is 0 Å². The molecule has 0 saturated heterocycles. The van der Waals surface area contributed by atoms with Crippen LogP contribution in [-0.2, 0) is 0 Å². The average molecular weight is 354 g/mol. The van der Waals surface area contributed by atoms with Crippen molar-refractivity contribution < 1.29 is 0 Å². The van der Waals surface area contributed by atoms with E-state index in [0.717, 1.165) is 28.7 Å². The van der Waals surface area contributed by atoms with Crippen molar-refractivity contribution >= 4 is 0 Å². The first kappa shape index (κ1) is 21.8. The Kier molecular flexibility index (Phi) is 9.19. The van der Waals surface area contributed by atoms with Gasteiger partial charge in [-0.2, -0.15) is 5.26 Å². The number of allylic oxidation sites excluding steroid dienone is 15. The van der Waals surface area contributed by atoms with Gasteiger partial charge in [0, 0.05) is 5.57 Å². The van der Waals surface area contributed by atoms with Gasteiger partial charge in [0.25, 0.3) is 0 Å². The van der Waals surface area contributed by atoms with E-state index in [0.29, 0.717) is 5.57 Å². The first-order valence-corrected chi connectivity index (χ1v) is 8.96. The molecule has 1 aliphatic carbocycles. The summed E-state index contributed by atoms with van der Waals surface area (Å²) in [5.74, 6) is 2.69. The van der Waals surface area contributed by atoms with E-state index in [1.807, 2.05) is 45.1 Å². The molecule has 0 fully saturated rings.